The number of aliphatic hydroxyl groups is 1. The molecule has 0 aromatic heterocycles. The summed E-state index contributed by atoms with van der Waals surface area (Å²) in [5.74, 6) is 0.307. The molecule has 4 heteroatoms. The molecular formula is C14H22BrNO2. The van der Waals surface area contributed by atoms with E-state index in [2.05, 4.69) is 28.2 Å². The number of phenols is 1. The third-order valence-electron chi connectivity index (χ3n) is 2.95. The fourth-order valence-electron chi connectivity index (χ4n) is 2.16. The van der Waals surface area contributed by atoms with E-state index in [0.717, 1.165) is 16.5 Å². The van der Waals surface area contributed by atoms with Crippen molar-refractivity contribution >= 4 is 15.9 Å². The van der Waals surface area contributed by atoms with Crippen LogP contribution in [0.4, 0.5) is 0 Å². The van der Waals surface area contributed by atoms with Crippen molar-refractivity contribution in [3.8, 4) is 5.75 Å². The second-order valence-electron chi connectivity index (χ2n) is 4.82. The summed E-state index contributed by atoms with van der Waals surface area (Å²) in [6, 6.07) is 5.75. The third-order valence-corrected chi connectivity index (χ3v) is 3.45. The fourth-order valence-corrected chi connectivity index (χ4v) is 2.53. The number of aliphatic hydroxyl groups excluding tert-OH is 1. The van der Waals surface area contributed by atoms with Crippen LogP contribution < -0.4 is 5.32 Å². The molecule has 3 unspecified atom stereocenters. The van der Waals surface area contributed by atoms with E-state index in [1.54, 1.807) is 13.0 Å². The van der Waals surface area contributed by atoms with Gasteiger partial charge in [0.2, 0.25) is 0 Å². The van der Waals surface area contributed by atoms with Crippen molar-refractivity contribution < 1.29 is 10.2 Å². The van der Waals surface area contributed by atoms with E-state index in [4.69, 9.17) is 0 Å². The number of hydrogen-bond donors (Lipinski definition) is 3. The van der Waals surface area contributed by atoms with Gasteiger partial charge in [-0.05, 0) is 44.9 Å². The van der Waals surface area contributed by atoms with Crippen LogP contribution >= 0.6 is 15.9 Å². The van der Waals surface area contributed by atoms with Crippen molar-refractivity contribution in [2.24, 2.45) is 0 Å². The zero-order valence-corrected chi connectivity index (χ0v) is 12.7. The maximum absolute atomic E-state index is 9.92. The molecule has 18 heavy (non-hydrogen) atoms. The number of rotatable bonds is 6. The lowest BCUT2D eigenvalue weighted by Gasteiger charge is -2.24. The quantitative estimate of drug-likeness (QED) is 0.754. The maximum atomic E-state index is 9.92. The molecule has 0 fully saturated rings. The first-order valence-corrected chi connectivity index (χ1v) is 7.15. The first-order valence-electron chi connectivity index (χ1n) is 6.36. The van der Waals surface area contributed by atoms with Gasteiger partial charge in [-0.25, -0.2) is 0 Å². The van der Waals surface area contributed by atoms with Crippen molar-refractivity contribution in [1.82, 2.24) is 5.32 Å². The molecule has 0 heterocycles. The predicted octanol–water partition coefficient (Wildman–Crippen LogP) is 3.35. The molecule has 3 nitrogen and oxygen atoms in total. The minimum absolute atomic E-state index is 0.0937. The standard InChI is InChI=1S/C14H22BrNO2/c1-4-13(16-9(2)7-10(3)17)12-8-11(15)5-6-14(12)18/h5-6,8-10,13,16-18H,4,7H2,1-3H3. The number of halogens is 1. The third kappa shape index (κ3) is 4.59. The molecule has 3 N–H and O–H groups in total. The molecule has 0 aliphatic rings. The molecule has 0 radical (unpaired) electrons. The Hall–Kier alpha value is -0.580. The lowest BCUT2D eigenvalue weighted by atomic mass is 10.0. The Balaban J connectivity index is 2.79. The maximum Gasteiger partial charge on any atom is 0.120 e. The van der Waals surface area contributed by atoms with E-state index >= 15 is 0 Å². The molecular weight excluding hydrogens is 294 g/mol. The predicted molar refractivity (Wildman–Crippen MR) is 77.7 cm³/mol. The molecule has 102 valence electrons. The van der Waals surface area contributed by atoms with Crippen molar-refractivity contribution in [2.45, 2.75) is 51.8 Å². The molecule has 0 amide bonds. The SMILES string of the molecule is CCC(NC(C)CC(C)O)c1cc(Br)ccc1O. The molecule has 1 aromatic rings. The monoisotopic (exact) mass is 315 g/mol. The molecule has 0 saturated carbocycles. The number of hydrogen-bond acceptors (Lipinski definition) is 3. The van der Waals surface area contributed by atoms with Gasteiger partial charge in [-0.15, -0.1) is 0 Å². The van der Waals surface area contributed by atoms with Crippen molar-refractivity contribution in [3.05, 3.63) is 28.2 Å². The van der Waals surface area contributed by atoms with Crippen molar-refractivity contribution in [1.29, 1.82) is 0 Å². The molecule has 1 aromatic carbocycles. The topological polar surface area (TPSA) is 52.5 Å². The summed E-state index contributed by atoms with van der Waals surface area (Å²) < 4.78 is 0.957. The Morgan fingerprint density at radius 3 is 2.56 bits per heavy atom. The highest BCUT2D eigenvalue weighted by molar-refractivity contribution is 9.10. The smallest absolute Gasteiger partial charge is 0.120 e. The Labute approximate surface area is 117 Å². The van der Waals surface area contributed by atoms with Gasteiger partial charge in [-0.2, -0.15) is 0 Å². The first kappa shape index (κ1) is 15.5. The van der Waals surface area contributed by atoms with Crippen LogP contribution in [0.5, 0.6) is 5.75 Å². The summed E-state index contributed by atoms with van der Waals surface area (Å²) in [7, 11) is 0. The molecule has 0 aliphatic heterocycles. The van der Waals surface area contributed by atoms with Crippen LogP contribution in [-0.4, -0.2) is 22.4 Å². The zero-order valence-electron chi connectivity index (χ0n) is 11.2. The van der Waals surface area contributed by atoms with E-state index in [-0.39, 0.29) is 18.2 Å². The van der Waals surface area contributed by atoms with Gasteiger partial charge < -0.3 is 15.5 Å². The normalized spacial score (nSPS) is 16.3. The molecule has 3 atom stereocenters. The van der Waals surface area contributed by atoms with Gasteiger partial charge in [-0.1, -0.05) is 22.9 Å². The van der Waals surface area contributed by atoms with Crippen molar-refractivity contribution in [2.75, 3.05) is 0 Å². The first-order chi connectivity index (χ1) is 8.43. The van der Waals surface area contributed by atoms with Gasteiger partial charge in [0.05, 0.1) is 6.10 Å². The molecule has 0 bridgehead atoms. The van der Waals surface area contributed by atoms with Gasteiger partial charge in [0.25, 0.3) is 0 Å². The van der Waals surface area contributed by atoms with Crippen LogP contribution in [0.15, 0.2) is 22.7 Å². The lowest BCUT2D eigenvalue weighted by Crippen LogP contribution is -2.32. The Kier molecular flexibility index (Phi) is 6.12. The van der Waals surface area contributed by atoms with Gasteiger partial charge in [-0.3, -0.25) is 0 Å². The van der Waals surface area contributed by atoms with Gasteiger partial charge in [0, 0.05) is 22.1 Å². The van der Waals surface area contributed by atoms with Crippen LogP contribution in [0.1, 0.15) is 45.2 Å². The van der Waals surface area contributed by atoms with Gasteiger partial charge in [0.15, 0.2) is 0 Å². The molecule has 1 rings (SSSR count). The fraction of sp³-hybridized carbons (Fsp3) is 0.571. The Bertz CT molecular complexity index is 382. The lowest BCUT2D eigenvalue weighted by molar-refractivity contribution is 0.167. The van der Waals surface area contributed by atoms with E-state index in [1.807, 2.05) is 19.1 Å². The zero-order chi connectivity index (χ0) is 13.7. The summed E-state index contributed by atoms with van der Waals surface area (Å²) in [5, 5.41) is 22.7. The van der Waals surface area contributed by atoms with E-state index in [1.165, 1.54) is 0 Å². The highest BCUT2D eigenvalue weighted by Gasteiger charge is 2.17. The summed E-state index contributed by atoms with van der Waals surface area (Å²) in [4.78, 5) is 0. The second-order valence-corrected chi connectivity index (χ2v) is 5.73. The highest BCUT2D eigenvalue weighted by atomic mass is 79.9. The number of nitrogens with one attached hydrogen (secondary N) is 1. The Morgan fingerprint density at radius 2 is 2.00 bits per heavy atom. The average Bonchev–Trinajstić information content (AvgIpc) is 2.28. The number of aromatic hydroxyl groups is 1. The van der Waals surface area contributed by atoms with Crippen LogP contribution in [0.25, 0.3) is 0 Å². The summed E-state index contributed by atoms with van der Waals surface area (Å²) >= 11 is 3.42. The minimum atomic E-state index is -0.318. The average molecular weight is 316 g/mol. The second kappa shape index (κ2) is 7.12. The van der Waals surface area contributed by atoms with Gasteiger partial charge in [0.1, 0.15) is 5.75 Å². The van der Waals surface area contributed by atoms with Crippen molar-refractivity contribution in [3.63, 3.8) is 0 Å². The molecule has 0 saturated heterocycles. The number of phenolic OH excluding ortho intramolecular Hbond substituents is 1. The molecule has 0 spiro atoms. The van der Waals surface area contributed by atoms with E-state index in [0.29, 0.717) is 12.2 Å². The summed E-state index contributed by atoms with van der Waals surface area (Å²) in [5.41, 5.74) is 0.893. The highest BCUT2D eigenvalue weighted by Crippen LogP contribution is 2.29. The summed E-state index contributed by atoms with van der Waals surface area (Å²) in [6.07, 6.45) is 1.26. The van der Waals surface area contributed by atoms with Crippen LogP contribution in [0.2, 0.25) is 0 Å². The number of benzene rings is 1. The summed E-state index contributed by atoms with van der Waals surface area (Å²) in [6.45, 7) is 5.91. The van der Waals surface area contributed by atoms with Crippen LogP contribution in [-0.2, 0) is 0 Å². The Morgan fingerprint density at radius 1 is 1.33 bits per heavy atom. The molecule has 0 aliphatic carbocycles. The van der Waals surface area contributed by atoms with Crippen LogP contribution in [0.3, 0.4) is 0 Å². The minimum Gasteiger partial charge on any atom is -0.508 e. The van der Waals surface area contributed by atoms with Crippen LogP contribution in [0, 0.1) is 0 Å². The van der Waals surface area contributed by atoms with E-state index in [9.17, 15) is 10.2 Å². The van der Waals surface area contributed by atoms with Gasteiger partial charge >= 0.3 is 0 Å². The largest absolute Gasteiger partial charge is 0.508 e. The van der Waals surface area contributed by atoms with E-state index < -0.39 is 0 Å².